The van der Waals surface area contributed by atoms with E-state index in [2.05, 4.69) is 13.8 Å². The minimum Gasteiger partial charge on any atom is -0.338 e. The van der Waals surface area contributed by atoms with Crippen LogP contribution in [0, 0.1) is 5.41 Å². The third-order valence-corrected chi connectivity index (χ3v) is 3.39. The van der Waals surface area contributed by atoms with Crippen LogP contribution in [-0.2, 0) is 4.79 Å². The zero-order valence-corrected chi connectivity index (χ0v) is 9.59. The van der Waals surface area contributed by atoms with Crippen LogP contribution >= 0.6 is 0 Å². The summed E-state index contributed by atoms with van der Waals surface area (Å²) < 4.78 is 24.4. The Morgan fingerprint density at radius 2 is 1.80 bits per heavy atom. The molecule has 1 rings (SSSR count). The molecule has 1 fully saturated rings. The SMILES string of the molecule is CN(C(=O)C(F)F)C1CCC(C)(C)CC1. The highest BCUT2D eigenvalue weighted by molar-refractivity contribution is 5.79. The molecule has 0 aromatic carbocycles. The van der Waals surface area contributed by atoms with Crippen molar-refractivity contribution >= 4 is 5.91 Å². The number of amides is 1. The number of carbonyl (C=O) groups excluding carboxylic acids is 1. The normalized spacial score (nSPS) is 21.7. The minimum absolute atomic E-state index is 0.000440. The van der Waals surface area contributed by atoms with Gasteiger partial charge in [0.2, 0.25) is 0 Å². The highest BCUT2D eigenvalue weighted by Gasteiger charge is 2.32. The molecule has 15 heavy (non-hydrogen) atoms. The van der Waals surface area contributed by atoms with Gasteiger partial charge in [0.1, 0.15) is 0 Å². The van der Waals surface area contributed by atoms with E-state index in [9.17, 15) is 13.6 Å². The minimum atomic E-state index is -2.87. The summed E-state index contributed by atoms with van der Waals surface area (Å²) in [5.74, 6) is -1.04. The van der Waals surface area contributed by atoms with Gasteiger partial charge in [0.25, 0.3) is 5.91 Å². The van der Waals surface area contributed by atoms with Gasteiger partial charge in [0, 0.05) is 13.1 Å². The summed E-state index contributed by atoms with van der Waals surface area (Å²) >= 11 is 0. The van der Waals surface area contributed by atoms with Crippen LogP contribution in [-0.4, -0.2) is 30.3 Å². The molecule has 2 nitrogen and oxygen atoms in total. The van der Waals surface area contributed by atoms with Gasteiger partial charge in [-0.2, -0.15) is 8.78 Å². The predicted octanol–water partition coefficient (Wildman–Crippen LogP) is 2.68. The summed E-state index contributed by atoms with van der Waals surface area (Å²) in [5, 5.41) is 0. The molecule has 0 atom stereocenters. The Hall–Kier alpha value is -0.670. The van der Waals surface area contributed by atoms with E-state index in [1.807, 2.05) is 0 Å². The van der Waals surface area contributed by atoms with E-state index in [1.165, 1.54) is 11.9 Å². The molecule has 1 saturated carbocycles. The first-order chi connectivity index (χ1) is 6.83. The van der Waals surface area contributed by atoms with Crippen LogP contribution in [0.3, 0.4) is 0 Å². The van der Waals surface area contributed by atoms with Crippen molar-refractivity contribution in [3.8, 4) is 0 Å². The molecule has 0 aliphatic heterocycles. The zero-order valence-electron chi connectivity index (χ0n) is 9.59. The van der Waals surface area contributed by atoms with Crippen LogP contribution in [0.2, 0.25) is 0 Å². The summed E-state index contributed by atoms with van der Waals surface area (Å²) in [7, 11) is 1.48. The molecule has 0 heterocycles. The molecule has 0 unspecified atom stereocenters. The highest BCUT2D eigenvalue weighted by atomic mass is 19.3. The molecule has 1 amide bonds. The Balaban J connectivity index is 2.50. The lowest BCUT2D eigenvalue weighted by molar-refractivity contribution is -0.144. The predicted molar refractivity (Wildman–Crippen MR) is 54.8 cm³/mol. The van der Waals surface area contributed by atoms with Gasteiger partial charge >= 0.3 is 6.43 Å². The number of hydrogen-bond donors (Lipinski definition) is 0. The standard InChI is InChI=1S/C11H19F2NO/c1-11(2)6-4-8(5-7-11)14(3)10(15)9(12)13/h8-9H,4-7H2,1-3H3. The second-order valence-electron chi connectivity index (χ2n) is 5.15. The average molecular weight is 219 g/mol. The molecule has 0 saturated heterocycles. The van der Waals surface area contributed by atoms with Crippen molar-refractivity contribution in [1.82, 2.24) is 4.90 Å². The first-order valence-electron chi connectivity index (χ1n) is 5.38. The Morgan fingerprint density at radius 1 is 1.33 bits per heavy atom. The third-order valence-electron chi connectivity index (χ3n) is 3.39. The number of rotatable bonds is 2. The lowest BCUT2D eigenvalue weighted by Gasteiger charge is -2.38. The Labute approximate surface area is 89.6 Å². The van der Waals surface area contributed by atoms with Crippen molar-refractivity contribution in [3.05, 3.63) is 0 Å². The molecular weight excluding hydrogens is 200 g/mol. The fourth-order valence-corrected chi connectivity index (χ4v) is 2.11. The molecule has 0 aromatic heterocycles. The summed E-state index contributed by atoms with van der Waals surface area (Å²) in [6.45, 7) is 4.36. The fourth-order valence-electron chi connectivity index (χ4n) is 2.11. The van der Waals surface area contributed by atoms with Crippen LogP contribution in [0.4, 0.5) is 8.78 Å². The summed E-state index contributed by atoms with van der Waals surface area (Å²) in [6, 6.07) is -0.000440. The van der Waals surface area contributed by atoms with Gasteiger partial charge in [-0.1, -0.05) is 13.8 Å². The van der Waals surface area contributed by atoms with Crippen LogP contribution < -0.4 is 0 Å². The summed E-state index contributed by atoms with van der Waals surface area (Å²) in [6.07, 6.45) is 0.797. The molecule has 1 aliphatic rings. The second kappa shape index (κ2) is 4.45. The third kappa shape index (κ3) is 3.14. The van der Waals surface area contributed by atoms with E-state index in [1.54, 1.807) is 0 Å². The van der Waals surface area contributed by atoms with Gasteiger partial charge in [-0.05, 0) is 31.1 Å². The maximum absolute atomic E-state index is 12.2. The lowest BCUT2D eigenvalue weighted by Crippen LogP contribution is -2.43. The summed E-state index contributed by atoms with van der Waals surface area (Å²) in [5.41, 5.74) is 0.297. The average Bonchev–Trinajstić information content (AvgIpc) is 2.15. The topological polar surface area (TPSA) is 20.3 Å². The maximum Gasteiger partial charge on any atom is 0.315 e. The largest absolute Gasteiger partial charge is 0.338 e. The number of hydrogen-bond acceptors (Lipinski definition) is 1. The van der Waals surface area contributed by atoms with E-state index in [0.29, 0.717) is 5.41 Å². The summed E-state index contributed by atoms with van der Waals surface area (Å²) in [4.78, 5) is 12.3. The van der Waals surface area contributed by atoms with Crippen molar-refractivity contribution in [2.24, 2.45) is 5.41 Å². The molecule has 88 valence electrons. The number of halogens is 2. The molecular formula is C11H19F2NO. The maximum atomic E-state index is 12.2. The Kier molecular flexibility index (Phi) is 3.68. The number of alkyl halides is 2. The van der Waals surface area contributed by atoms with Gasteiger partial charge in [0.05, 0.1) is 0 Å². The molecule has 1 aliphatic carbocycles. The first-order valence-corrected chi connectivity index (χ1v) is 5.38. The van der Waals surface area contributed by atoms with Crippen LogP contribution in [0.15, 0.2) is 0 Å². The van der Waals surface area contributed by atoms with Crippen LogP contribution in [0.25, 0.3) is 0 Å². The van der Waals surface area contributed by atoms with Gasteiger partial charge < -0.3 is 4.90 Å². The molecule has 4 heteroatoms. The molecule has 0 radical (unpaired) electrons. The first kappa shape index (κ1) is 12.4. The zero-order chi connectivity index (χ0) is 11.6. The molecule has 0 N–H and O–H groups in total. The van der Waals surface area contributed by atoms with Gasteiger partial charge in [-0.25, -0.2) is 0 Å². The highest BCUT2D eigenvalue weighted by Crippen LogP contribution is 2.36. The van der Waals surface area contributed by atoms with E-state index in [0.717, 1.165) is 25.7 Å². The molecule has 0 aromatic rings. The Bertz CT molecular complexity index is 231. The van der Waals surface area contributed by atoms with Crippen LogP contribution in [0.1, 0.15) is 39.5 Å². The number of nitrogens with zero attached hydrogens (tertiary/aromatic N) is 1. The lowest BCUT2D eigenvalue weighted by atomic mass is 9.75. The molecule has 0 bridgehead atoms. The van der Waals surface area contributed by atoms with Crippen molar-refractivity contribution in [3.63, 3.8) is 0 Å². The van der Waals surface area contributed by atoms with Gasteiger partial charge in [-0.3, -0.25) is 4.79 Å². The van der Waals surface area contributed by atoms with E-state index >= 15 is 0 Å². The quantitative estimate of drug-likeness (QED) is 0.699. The van der Waals surface area contributed by atoms with Gasteiger partial charge in [0.15, 0.2) is 0 Å². The number of carbonyl (C=O) groups is 1. The van der Waals surface area contributed by atoms with Crippen molar-refractivity contribution in [2.45, 2.75) is 52.0 Å². The van der Waals surface area contributed by atoms with Crippen LogP contribution in [0.5, 0.6) is 0 Å². The second-order valence-corrected chi connectivity index (χ2v) is 5.15. The van der Waals surface area contributed by atoms with E-state index in [4.69, 9.17) is 0 Å². The molecule has 0 spiro atoms. The van der Waals surface area contributed by atoms with Crippen molar-refractivity contribution in [2.75, 3.05) is 7.05 Å². The van der Waals surface area contributed by atoms with Gasteiger partial charge in [-0.15, -0.1) is 0 Å². The monoisotopic (exact) mass is 219 g/mol. The van der Waals surface area contributed by atoms with Crippen molar-refractivity contribution < 1.29 is 13.6 Å². The van der Waals surface area contributed by atoms with E-state index < -0.39 is 12.3 Å². The smallest absolute Gasteiger partial charge is 0.315 e. The fraction of sp³-hybridized carbons (Fsp3) is 0.909. The van der Waals surface area contributed by atoms with E-state index in [-0.39, 0.29) is 6.04 Å². The van der Waals surface area contributed by atoms with Crippen molar-refractivity contribution in [1.29, 1.82) is 0 Å². The Morgan fingerprint density at radius 3 is 2.20 bits per heavy atom.